The van der Waals surface area contributed by atoms with Crippen molar-refractivity contribution in [3.63, 3.8) is 0 Å². The Morgan fingerprint density at radius 1 is 1.11 bits per heavy atom. The Balaban J connectivity index is 2.05. The second kappa shape index (κ2) is 4.14. The first-order valence-corrected chi connectivity index (χ1v) is 6.34. The molecule has 2 aromatic carbocycles. The van der Waals surface area contributed by atoms with E-state index in [9.17, 15) is 9.18 Å². The molecule has 1 N–H and O–H groups in total. The van der Waals surface area contributed by atoms with Crippen LogP contribution in [0, 0.1) is 5.82 Å². The molecule has 0 saturated carbocycles. The molecule has 3 rings (SSSR count). The Morgan fingerprint density at radius 3 is 2.50 bits per heavy atom. The minimum absolute atomic E-state index is 0.0310. The van der Waals surface area contributed by atoms with Gasteiger partial charge in [-0.1, -0.05) is 11.8 Å². The van der Waals surface area contributed by atoms with E-state index in [2.05, 4.69) is 5.32 Å². The van der Waals surface area contributed by atoms with Crippen LogP contribution in [-0.4, -0.2) is 5.78 Å². The number of Topliss-reactive ketones (excluding diaryl/α,β-unsaturated/α-hetero) is 1. The molecule has 18 heavy (non-hydrogen) atoms. The van der Waals surface area contributed by atoms with Crippen molar-refractivity contribution >= 4 is 28.9 Å². The molecule has 0 unspecified atom stereocenters. The van der Waals surface area contributed by atoms with E-state index in [0.29, 0.717) is 5.56 Å². The molecule has 0 bridgehead atoms. The van der Waals surface area contributed by atoms with Crippen LogP contribution in [0.15, 0.2) is 46.2 Å². The third-order valence-corrected chi connectivity index (χ3v) is 3.94. The van der Waals surface area contributed by atoms with Crippen molar-refractivity contribution in [2.24, 2.45) is 0 Å². The average Bonchev–Trinajstić information content (AvgIpc) is 2.35. The Hall–Kier alpha value is -1.81. The van der Waals surface area contributed by atoms with Gasteiger partial charge in [0.1, 0.15) is 5.82 Å². The van der Waals surface area contributed by atoms with Crippen LogP contribution in [-0.2, 0) is 0 Å². The lowest BCUT2D eigenvalue weighted by Gasteiger charge is -2.21. The SMILES string of the molecule is CC(=O)c1ccc2c(c1)Sc1cc(F)ccc1N2. The molecule has 1 aliphatic heterocycles. The minimum Gasteiger partial charge on any atom is -0.354 e. The molecule has 0 amide bonds. The molecule has 90 valence electrons. The lowest BCUT2D eigenvalue weighted by Crippen LogP contribution is -2.02. The standard InChI is InChI=1S/C14H10FNOS/c1-8(17)9-2-4-11-13(6-9)18-14-7-10(15)3-5-12(14)16-11/h2-7,16H,1H3. The van der Waals surface area contributed by atoms with E-state index in [4.69, 9.17) is 0 Å². The smallest absolute Gasteiger partial charge is 0.159 e. The molecular formula is C14H10FNOS. The first-order valence-electron chi connectivity index (χ1n) is 5.53. The van der Waals surface area contributed by atoms with Gasteiger partial charge in [-0.05, 0) is 43.3 Å². The zero-order valence-corrected chi connectivity index (χ0v) is 10.5. The number of rotatable bonds is 1. The van der Waals surface area contributed by atoms with Crippen LogP contribution >= 0.6 is 11.8 Å². The van der Waals surface area contributed by atoms with E-state index >= 15 is 0 Å². The molecule has 1 aliphatic rings. The average molecular weight is 259 g/mol. The quantitative estimate of drug-likeness (QED) is 0.663. The molecule has 1 heterocycles. The van der Waals surface area contributed by atoms with Crippen molar-refractivity contribution in [1.29, 1.82) is 0 Å². The van der Waals surface area contributed by atoms with Crippen molar-refractivity contribution in [2.75, 3.05) is 5.32 Å². The first-order chi connectivity index (χ1) is 8.63. The van der Waals surface area contributed by atoms with E-state index in [1.807, 2.05) is 12.1 Å². The molecule has 4 heteroatoms. The zero-order valence-electron chi connectivity index (χ0n) is 9.66. The molecule has 0 aliphatic carbocycles. The predicted octanol–water partition coefficient (Wildman–Crippen LogP) is 4.24. The summed E-state index contributed by atoms with van der Waals surface area (Å²) in [5.74, 6) is -0.224. The Bertz CT molecular complexity index is 654. The normalized spacial score (nSPS) is 12.3. The van der Waals surface area contributed by atoms with Gasteiger partial charge < -0.3 is 5.32 Å². The molecule has 0 radical (unpaired) electrons. The van der Waals surface area contributed by atoms with Crippen molar-refractivity contribution in [3.05, 3.63) is 47.8 Å². The van der Waals surface area contributed by atoms with Gasteiger partial charge in [0.25, 0.3) is 0 Å². The highest BCUT2D eigenvalue weighted by Gasteiger charge is 2.17. The third-order valence-electron chi connectivity index (χ3n) is 2.82. The second-order valence-electron chi connectivity index (χ2n) is 4.13. The molecular weight excluding hydrogens is 249 g/mol. The highest BCUT2D eigenvalue weighted by atomic mass is 32.2. The number of nitrogens with one attached hydrogen (secondary N) is 1. The van der Waals surface area contributed by atoms with Crippen LogP contribution in [0.2, 0.25) is 0 Å². The van der Waals surface area contributed by atoms with E-state index in [0.717, 1.165) is 21.2 Å². The Kier molecular flexibility index (Phi) is 2.59. The fourth-order valence-electron chi connectivity index (χ4n) is 1.88. The van der Waals surface area contributed by atoms with Crippen molar-refractivity contribution < 1.29 is 9.18 Å². The van der Waals surface area contributed by atoms with E-state index in [1.54, 1.807) is 12.1 Å². The molecule has 0 saturated heterocycles. The van der Waals surface area contributed by atoms with Gasteiger partial charge in [-0.15, -0.1) is 0 Å². The van der Waals surface area contributed by atoms with Crippen LogP contribution in [0.25, 0.3) is 0 Å². The van der Waals surface area contributed by atoms with Gasteiger partial charge in [-0.2, -0.15) is 0 Å². The van der Waals surface area contributed by atoms with Crippen molar-refractivity contribution in [3.8, 4) is 0 Å². The Labute approximate surface area is 108 Å². The van der Waals surface area contributed by atoms with Crippen molar-refractivity contribution in [1.82, 2.24) is 0 Å². The summed E-state index contributed by atoms with van der Waals surface area (Å²) < 4.78 is 13.2. The highest BCUT2D eigenvalue weighted by molar-refractivity contribution is 7.99. The van der Waals surface area contributed by atoms with Gasteiger partial charge in [0, 0.05) is 15.4 Å². The Morgan fingerprint density at radius 2 is 1.78 bits per heavy atom. The highest BCUT2D eigenvalue weighted by Crippen LogP contribution is 2.44. The molecule has 2 aromatic rings. The van der Waals surface area contributed by atoms with E-state index in [1.165, 1.54) is 30.8 Å². The maximum Gasteiger partial charge on any atom is 0.159 e. The third kappa shape index (κ3) is 1.88. The number of carbonyl (C=O) groups excluding carboxylic acids is 1. The van der Waals surface area contributed by atoms with Crippen LogP contribution in [0.5, 0.6) is 0 Å². The number of anilines is 2. The van der Waals surface area contributed by atoms with Crippen LogP contribution in [0.3, 0.4) is 0 Å². The first kappa shape index (κ1) is 11.3. The summed E-state index contributed by atoms with van der Waals surface area (Å²) >= 11 is 1.47. The molecule has 0 spiro atoms. The number of fused-ring (bicyclic) bond motifs is 2. The number of ketones is 1. The van der Waals surface area contributed by atoms with Gasteiger partial charge in [0.2, 0.25) is 0 Å². The minimum atomic E-state index is -0.255. The topological polar surface area (TPSA) is 29.1 Å². The number of hydrogen-bond acceptors (Lipinski definition) is 3. The fourth-order valence-corrected chi connectivity index (χ4v) is 2.93. The van der Waals surface area contributed by atoms with Crippen LogP contribution < -0.4 is 5.32 Å². The molecule has 2 nitrogen and oxygen atoms in total. The van der Waals surface area contributed by atoms with E-state index in [-0.39, 0.29) is 11.6 Å². The van der Waals surface area contributed by atoms with Gasteiger partial charge in [0.15, 0.2) is 5.78 Å². The second-order valence-corrected chi connectivity index (χ2v) is 5.22. The van der Waals surface area contributed by atoms with Gasteiger partial charge in [0.05, 0.1) is 11.4 Å². The monoisotopic (exact) mass is 259 g/mol. The summed E-state index contributed by atoms with van der Waals surface area (Å²) in [4.78, 5) is 13.1. The van der Waals surface area contributed by atoms with Crippen LogP contribution in [0.1, 0.15) is 17.3 Å². The molecule has 0 aromatic heterocycles. The maximum absolute atomic E-state index is 13.2. The van der Waals surface area contributed by atoms with E-state index < -0.39 is 0 Å². The summed E-state index contributed by atoms with van der Waals surface area (Å²) in [6.07, 6.45) is 0. The zero-order chi connectivity index (χ0) is 12.7. The van der Waals surface area contributed by atoms with Crippen molar-refractivity contribution in [2.45, 2.75) is 16.7 Å². The van der Waals surface area contributed by atoms with Gasteiger partial charge in [-0.3, -0.25) is 4.79 Å². The predicted molar refractivity (Wildman–Crippen MR) is 70.3 cm³/mol. The number of halogens is 1. The largest absolute Gasteiger partial charge is 0.354 e. The molecule has 0 fully saturated rings. The van der Waals surface area contributed by atoms with Gasteiger partial charge in [-0.25, -0.2) is 4.39 Å². The number of carbonyl (C=O) groups is 1. The summed E-state index contributed by atoms with van der Waals surface area (Å²) in [5.41, 5.74) is 2.51. The maximum atomic E-state index is 13.2. The lowest BCUT2D eigenvalue weighted by atomic mass is 10.1. The number of benzene rings is 2. The van der Waals surface area contributed by atoms with Crippen LogP contribution in [0.4, 0.5) is 15.8 Å². The van der Waals surface area contributed by atoms with Gasteiger partial charge >= 0.3 is 0 Å². The summed E-state index contributed by atoms with van der Waals surface area (Å²) in [6, 6.07) is 10.2. The summed E-state index contributed by atoms with van der Waals surface area (Å²) in [6.45, 7) is 1.54. The summed E-state index contributed by atoms with van der Waals surface area (Å²) in [7, 11) is 0. The molecule has 0 atom stereocenters. The summed E-state index contributed by atoms with van der Waals surface area (Å²) in [5, 5.41) is 3.24. The number of hydrogen-bond donors (Lipinski definition) is 1. The fraction of sp³-hybridized carbons (Fsp3) is 0.0714. The lowest BCUT2D eigenvalue weighted by molar-refractivity contribution is 0.101.